The van der Waals surface area contributed by atoms with Crippen molar-refractivity contribution in [3.63, 3.8) is 0 Å². The second-order valence-corrected chi connectivity index (χ2v) is 5.98. The minimum absolute atomic E-state index is 0.160. The van der Waals surface area contributed by atoms with Crippen molar-refractivity contribution in [3.05, 3.63) is 32.2 Å². The topological polar surface area (TPSA) is 52.1 Å². The number of rotatable bonds is 6. The molecule has 0 bridgehead atoms. The highest BCUT2D eigenvalue weighted by atomic mass is 32.1. The van der Waals surface area contributed by atoms with Gasteiger partial charge in [0.2, 0.25) is 0 Å². The Hall–Kier alpha value is -1.27. The molecule has 19 heavy (non-hydrogen) atoms. The predicted molar refractivity (Wildman–Crippen MR) is 76.7 cm³/mol. The Kier molecular flexibility index (Phi) is 5.04. The van der Waals surface area contributed by atoms with Gasteiger partial charge in [-0.15, -0.1) is 22.7 Å². The van der Waals surface area contributed by atoms with Crippen LogP contribution in [0.3, 0.4) is 0 Å². The molecule has 0 aliphatic heterocycles. The molecule has 0 unspecified atom stereocenters. The van der Waals surface area contributed by atoms with Crippen molar-refractivity contribution in [2.75, 3.05) is 6.61 Å². The molecule has 0 radical (unpaired) electrons. The molecule has 6 heteroatoms. The molecule has 2 aromatic rings. The van der Waals surface area contributed by atoms with E-state index in [4.69, 9.17) is 4.74 Å². The van der Waals surface area contributed by atoms with Crippen molar-refractivity contribution in [1.29, 1.82) is 0 Å². The molecule has 0 saturated carbocycles. The number of esters is 1. The number of carbonyl (C=O) groups excluding carboxylic acids is 1. The van der Waals surface area contributed by atoms with E-state index in [1.165, 1.54) is 0 Å². The van der Waals surface area contributed by atoms with Gasteiger partial charge >= 0.3 is 5.97 Å². The molecular weight excluding hydrogens is 280 g/mol. The van der Waals surface area contributed by atoms with E-state index in [2.05, 4.69) is 9.97 Å². The summed E-state index contributed by atoms with van der Waals surface area (Å²) in [5, 5.41) is 6.19. The first-order valence-corrected chi connectivity index (χ1v) is 7.93. The number of nitrogens with zero attached hydrogens (tertiary/aromatic N) is 2. The molecule has 2 rings (SSSR count). The smallest absolute Gasteiger partial charge is 0.306 e. The molecule has 0 saturated heterocycles. The van der Waals surface area contributed by atoms with Crippen LogP contribution in [0.15, 0.2) is 10.8 Å². The van der Waals surface area contributed by atoms with Gasteiger partial charge < -0.3 is 4.74 Å². The predicted octanol–water partition coefficient (Wildman–Crippen LogP) is 2.99. The van der Waals surface area contributed by atoms with Crippen molar-refractivity contribution in [2.24, 2.45) is 0 Å². The van der Waals surface area contributed by atoms with Crippen molar-refractivity contribution in [3.8, 4) is 0 Å². The third-order valence-corrected chi connectivity index (χ3v) is 4.32. The lowest BCUT2D eigenvalue weighted by Crippen LogP contribution is -2.05. The Morgan fingerprint density at radius 3 is 2.68 bits per heavy atom. The van der Waals surface area contributed by atoms with Gasteiger partial charge in [0, 0.05) is 22.9 Å². The number of hydrogen-bond acceptors (Lipinski definition) is 6. The lowest BCUT2D eigenvalue weighted by Gasteiger charge is -1.99. The SMILES string of the molecule is CCOC(=O)CCc1csc(Cc2nc(C)cs2)n1. The molecule has 0 fully saturated rings. The first-order valence-electron chi connectivity index (χ1n) is 6.17. The van der Waals surface area contributed by atoms with Gasteiger partial charge in [0.25, 0.3) is 0 Å². The van der Waals surface area contributed by atoms with Crippen LogP contribution in [0.4, 0.5) is 0 Å². The number of carbonyl (C=O) groups is 1. The lowest BCUT2D eigenvalue weighted by molar-refractivity contribution is -0.143. The van der Waals surface area contributed by atoms with Gasteiger partial charge in [-0.05, 0) is 13.8 Å². The fourth-order valence-corrected chi connectivity index (χ4v) is 3.32. The van der Waals surface area contributed by atoms with Gasteiger partial charge in [0.1, 0.15) is 0 Å². The summed E-state index contributed by atoms with van der Waals surface area (Å²) in [7, 11) is 0. The van der Waals surface area contributed by atoms with Crippen LogP contribution in [0.25, 0.3) is 0 Å². The average molecular weight is 296 g/mol. The van der Waals surface area contributed by atoms with Crippen LogP contribution < -0.4 is 0 Å². The maximum atomic E-state index is 11.3. The highest BCUT2D eigenvalue weighted by Gasteiger charge is 2.08. The molecule has 2 aromatic heterocycles. The minimum atomic E-state index is -0.160. The van der Waals surface area contributed by atoms with E-state index < -0.39 is 0 Å². The van der Waals surface area contributed by atoms with Crippen LogP contribution in [-0.4, -0.2) is 22.5 Å². The molecule has 0 spiro atoms. The highest BCUT2D eigenvalue weighted by Crippen LogP contribution is 2.18. The molecule has 4 nitrogen and oxygen atoms in total. The Labute approximate surface area is 120 Å². The Bertz CT molecular complexity index is 548. The summed E-state index contributed by atoms with van der Waals surface area (Å²) < 4.78 is 4.90. The molecule has 102 valence electrons. The van der Waals surface area contributed by atoms with Gasteiger partial charge in [-0.3, -0.25) is 4.79 Å². The molecule has 0 N–H and O–H groups in total. The van der Waals surface area contributed by atoms with E-state index in [9.17, 15) is 4.79 Å². The van der Waals surface area contributed by atoms with Gasteiger partial charge in [-0.1, -0.05) is 0 Å². The van der Waals surface area contributed by atoms with Crippen LogP contribution in [0.1, 0.15) is 34.7 Å². The van der Waals surface area contributed by atoms with E-state index in [0.717, 1.165) is 27.8 Å². The van der Waals surface area contributed by atoms with Crippen molar-refractivity contribution < 1.29 is 9.53 Å². The largest absolute Gasteiger partial charge is 0.466 e. The van der Waals surface area contributed by atoms with Crippen molar-refractivity contribution in [1.82, 2.24) is 9.97 Å². The summed E-state index contributed by atoms with van der Waals surface area (Å²) in [6.45, 7) is 4.24. The summed E-state index contributed by atoms with van der Waals surface area (Å²) in [6, 6.07) is 0. The molecular formula is C13H16N2O2S2. The number of ether oxygens (including phenoxy) is 1. The summed E-state index contributed by atoms with van der Waals surface area (Å²) >= 11 is 3.28. The maximum Gasteiger partial charge on any atom is 0.306 e. The zero-order valence-corrected chi connectivity index (χ0v) is 12.6. The number of aromatic nitrogens is 2. The molecule has 0 aromatic carbocycles. The fourth-order valence-electron chi connectivity index (χ4n) is 1.62. The number of aryl methyl sites for hydroxylation is 2. The summed E-state index contributed by atoms with van der Waals surface area (Å²) in [5.41, 5.74) is 2.01. The Morgan fingerprint density at radius 2 is 2.00 bits per heavy atom. The second-order valence-electron chi connectivity index (χ2n) is 4.10. The van der Waals surface area contributed by atoms with Gasteiger partial charge in [-0.2, -0.15) is 0 Å². The normalized spacial score (nSPS) is 10.6. The van der Waals surface area contributed by atoms with Crippen molar-refractivity contribution >= 4 is 28.6 Å². The van der Waals surface area contributed by atoms with Gasteiger partial charge in [-0.25, -0.2) is 9.97 Å². The Balaban J connectivity index is 1.86. The van der Waals surface area contributed by atoms with Crippen LogP contribution in [0.2, 0.25) is 0 Å². The Morgan fingerprint density at radius 1 is 1.26 bits per heavy atom. The van der Waals surface area contributed by atoms with Crippen molar-refractivity contribution in [2.45, 2.75) is 33.1 Å². The van der Waals surface area contributed by atoms with Gasteiger partial charge in [0.15, 0.2) is 0 Å². The lowest BCUT2D eigenvalue weighted by atomic mass is 10.2. The van der Waals surface area contributed by atoms with Crippen LogP contribution in [-0.2, 0) is 22.4 Å². The third kappa shape index (κ3) is 4.40. The standard InChI is InChI=1S/C13H16N2O2S2/c1-3-17-13(16)5-4-10-8-19-12(15-10)6-11-14-9(2)7-18-11/h7-8H,3-6H2,1-2H3. The van der Waals surface area contributed by atoms with E-state index in [1.807, 2.05) is 24.6 Å². The molecule has 0 atom stereocenters. The maximum absolute atomic E-state index is 11.3. The van der Waals surface area contributed by atoms with E-state index >= 15 is 0 Å². The zero-order valence-electron chi connectivity index (χ0n) is 11.0. The average Bonchev–Trinajstić information content (AvgIpc) is 2.97. The number of hydrogen-bond donors (Lipinski definition) is 0. The minimum Gasteiger partial charge on any atom is -0.466 e. The number of thiazole rings is 2. The monoisotopic (exact) mass is 296 g/mol. The summed E-state index contributed by atoms with van der Waals surface area (Å²) in [4.78, 5) is 20.2. The van der Waals surface area contributed by atoms with E-state index in [1.54, 1.807) is 22.7 Å². The zero-order chi connectivity index (χ0) is 13.7. The third-order valence-electron chi connectivity index (χ3n) is 2.46. The first-order chi connectivity index (χ1) is 9.17. The molecule has 0 aliphatic carbocycles. The molecule has 0 amide bonds. The molecule has 0 aliphatic rings. The van der Waals surface area contributed by atoms with E-state index in [-0.39, 0.29) is 5.97 Å². The van der Waals surface area contributed by atoms with Crippen LogP contribution >= 0.6 is 22.7 Å². The quantitative estimate of drug-likeness (QED) is 0.769. The van der Waals surface area contributed by atoms with Crippen LogP contribution in [0.5, 0.6) is 0 Å². The summed E-state index contributed by atoms with van der Waals surface area (Å²) in [5.74, 6) is -0.160. The fraction of sp³-hybridized carbons (Fsp3) is 0.462. The highest BCUT2D eigenvalue weighted by molar-refractivity contribution is 7.11. The van der Waals surface area contributed by atoms with Crippen LogP contribution in [0, 0.1) is 6.92 Å². The summed E-state index contributed by atoms with van der Waals surface area (Å²) in [6.07, 6.45) is 1.82. The molecule has 2 heterocycles. The van der Waals surface area contributed by atoms with Gasteiger partial charge in [0.05, 0.1) is 35.2 Å². The second kappa shape index (κ2) is 6.77. The van der Waals surface area contributed by atoms with E-state index in [0.29, 0.717) is 19.4 Å². The first kappa shape index (κ1) is 14.1.